The molecule has 9 heteroatoms. The van der Waals surface area contributed by atoms with Crippen molar-refractivity contribution in [3.8, 4) is 0 Å². The lowest BCUT2D eigenvalue weighted by atomic mass is 10.2. The minimum absolute atomic E-state index is 0.0680. The van der Waals surface area contributed by atoms with Crippen molar-refractivity contribution < 1.29 is 22.4 Å². The van der Waals surface area contributed by atoms with Crippen LogP contribution in [0, 0.1) is 0 Å². The molecule has 1 aliphatic heterocycles. The Bertz CT molecular complexity index is 991. The average molecular weight is 361 g/mol. The van der Waals surface area contributed by atoms with Crippen LogP contribution in [-0.2, 0) is 21.2 Å². The van der Waals surface area contributed by atoms with Gasteiger partial charge in [-0.05, 0) is 36.6 Å². The van der Waals surface area contributed by atoms with Gasteiger partial charge in [-0.2, -0.15) is 0 Å². The first-order valence-electron chi connectivity index (χ1n) is 7.77. The third-order valence-electron chi connectivity index (χ3n) is 4.35. The molecular formula is C16H15N3O5S. The van der Waals surface area contributed by atoms with Gasteiger partial charge in [0.1, 0.15) is 6.26 Å². The van der Waals surface area contributed by atoms with E-state index in [0.29, 0.717) is 17.1 Å². The molecule has 0 radical (unpaired) electrons. The van der Waals surface area contributed by atoms with Gasteiger partial charge in [0.2, 0.25) is 5.91 Å². The number of nitrogens with zero attached hydrogens (tertiary/aromatic N) is 2. The number of sulfonamides is 1. The van der Waals surface area contributed by atoms with Crippen molar-refractivity contribution in [3.63, 3.8) is 0 Å². The van der Waals surface area contributed by atoms with Crippen LogP contribution in [-0.4, -0.2) is 32.3 Å². The number of benzene rings is 1. The van der Waals surface area contributed by atoms with E-state index in [1.807, 2.05) is 4.72 Å². The number of likely N-dealkylation sites (N-methyl/N-ethyl adjacent to an activating group) is 1. The molecule has 2 heterocycles. The molecule has 0 bridgehead atoms. The number of fused-ring (bicyclic) bond motifs is 1. The minimum atomic E-state index is -4.07. The quantitative estimate of drug-likeness (QED) is 0.876. The van der Waals surface area contributed by atoms with Gasteiger partial charge in [0.25, 0.3) is 15.9 Å². The molecule has 130 valence electrons. The van der Waals surface area contributed by atoms with Crippen molar-refractivity contribution in [1.29, 1.82) is 0 Å². The first-order valence-corrected chi connectivity index (χ1v) is 9.25. The maximum Gasteiger partial charge on any atom is 0.286 e. The average Bonchev–Trinajstić information content (AvgIpc) is 3.22. The molecule has 1 fully saturated rings. The Balaban J connectivity index is 1.56. The smallest absolute Gasteiger partial charge is 0.286 e. The van der Waals surface area contributed by atoms with Crippen LogP contribution in [0.25, 0.3) is 0 Å². The molecule has 2 aromatic rings. The van der Waals surface area contributed by atoms with E-state index in [0.717, 1.165) is 19.1 Å². The van der Waals surface area contributed by atoms with E-state index in [-0.39, 0.29) is 28.8 Å². The number of aromatic nitrogens is 1. The Kier molecular flexibility index (Phi) is 3.43. The molecular weight excluding hydrogens is 346 g/mol. The number of hydrogen-bond acceptors (Lipinski definition) is 6. The molecule has 1 aromatic heterocycles. The first-order chi connectivity index (χ1) is 11.8. The molecule has 0 unspecified atom stereocenters. The van der Waals surface area contributed by atoms with Gasteiger partial charge >= 0.3 is 0 Å². The van der Waals surface area contributed by atoms with Crippen molar-refractivity contribution in [2.24, 2.45) is 0 Å². The highest BCUT2D eigenvalue weighted by molar-refractivity contribution is 7.90. The molecule has 25 heavy (non-hydrogen) atoms. The van der Waals surface area contributed by atoms with Crippen LogP contribution < -0.4 is 9.62 Å². The number of hydrogen-bond donors (Lipinski definition) is 1. The molecule has 1 aromatic carbocycles. The lowest BCUT2D eigenvalue weighted by Gasteiger charge is -2.11. The van der Waals surface area contributed by atoms with Crippen LogP contribution in [0.5, 0.6) is 0 Å². The van der Waals surface area contributed by atoms with Crippen molar-refractivity contribution in [3.05, 3.63) is 41.6 Å². The molecule has 2 amide bonds. The molecule has 1 saturated carbocycles. The fourth-order valence-corrected chi connectivity index (χ4v) is 3.77. The largest absolute Gasteiger partial charge is 0.448 e. The number of amides is 2. The summed E-state index contributed by atoms with van der Waals surface area (Å²) in [5.41, 5.74) is 1.21. The van der Waals surface area contributed by atoms with Crippen LogP contribution in [0.4, 0.5) is 5.69 Å². The van der Waals surface area contributed by atoms with Gasteiger partial charge in [0.05, 0.1) is 11.3 Å². The number of anilines is 1. The van der Waals surface area contributed by atoms with E-state index in [1.165, 1.54) is 17.0 Å². The first kappa shape index (κ1) is 15.8. The summed E-state index contributed by atoms with van der Waals surface area (Å²) < 4.78 is 32.1. The Labute approximate surface area is 143 Å². The number of nitrogens with one attached hydrogen (secondary N) is 1. The van der Waals surface area contributed by atoms with Crippen LogP contribution in [0.2, 0.25) is 0 Å². The highest BCUT2D eigenvalue weighted by Crippen LogP contribution is 2.39. The summed E-state index contributed by atoms with van der Waals surface area (Å²) in [6.07, 6.45) is 3.22. The SMILES string of the molecule is CN1C(=O)Cc2cc(S(=O)(=O)NC(=O)c3coc(C4CC4)n3)ccc21. The predicted octanol–water partition coefficient (Wildman–Crippen LogP) is 1.19. The summed E-state index contributed by atoms with van der Waals surface area (Å²) in [5, 5.41) is 0. The number of rotatable bonds is 4. The highest BCUT2D eigenvalue weighted by Gasteiger charge is 2.31. The van der Waals surface area contributed by atoms with Crippen molar-refractivity contribution in [2.45, 2.75) is 30.1 Å². The van der Waals surface area contributed by atoms with Gasteiger partial charge < -0.3 is 9.32 Å². The maximum absolute atomic E-state index is 12.4. The normalized spacial score (nSPS) is 16.8. The molecule has 0 saturated heterocycles. The van der Waals surface area contributed by atoms with Crippen molar-refractivity contribution >= 4 is 27.5 Å². The minimum Gasteiger partial charge on any atom is -0.448 e. The lowest BCUT2D eigenvalue weighted by Crippen LogP contribution is -2.30. The van der Waals surface area contributed by atoms with Gasteiger partial charge in [-0.1, -0.05) is 0 Å². The van der Waals surface area contributed by atoms with E-state index in [4.69, 9.17) is 4.42 Å². The molecule has 0 atom stereocenters. The Morgan fingerprint density at radius 2 is 2.12 bits per heavy atom. The standard InChI is InChI=1S/C16H15N3O5S/c1-19-13-5-4-11(6-10(13)7-14(19)20)25(22,23)18-15(21)12-8-24-16(17-12)9-2-3-9/h4-6,8-9H,2-3,7H2,1H3,(H,18,21). The lowest BCUT2D eigenvalue weighted by molar-refractivity contribution is -0.117. The van der Waals surface area contributed by atoms with E-state index in [9.17, 15) is 18.0 Å². The topological polar surface area (TPSA) is 110 Å². The Morgan fingerprint density at radius 1 is 1.36 bits per heavy atom. The second kappa shape index (κ2) is 5.41. The van der Waals surface area contributed by atoms with Gasteiger partial charge in [-0.25, -0.2) is 18.1 Å². The van der Waals surface area contributed by atoms with E-state index in [2.05, 4.69) is 4.98 Å². The summed E-state index contributed by atoms with van der Waals surface area (Å²) in [7, 11) is -2.44. The van der Waals surface area contributed by atoms with Crippen molar-refractivity contribution in [2.75, 3.05) is 11.9 Å². The van der Waals surface area contributed by atoms with Crippen LogP contribution in [0.1, 0.15) is 40.7 Å². The Morgan fingerprint density at radius 3 is 2.84 bits per heavy atom. The summed E-state index contributed by atoms with van der Waals surface area (Å²) in [4.78, 5) is 29.3. The molecule has 2 aliphatic rings. The second-order valence-corrected chi connectivity index (χ2v) is 7.88. The fourth-order valence-electron chi connectivity index (χ4n) is 2.76. The van der Waals surface area contributed by atoms with Gasteiger partial charge in [-0.15, -0.1) is 0 Å². The summed E-state index contributed by atoms with van der Waals surface area (Å²) >= 11 is 0. The number of carbonyl (C=O) groups excluding carboxylic acids is 2. The summed E-state index contributed by atoms with van der Waals surface area (Å²) in [5.74, 6) is -0.265. The molecule has 1 aliphatic carbocycles. The molecule has 4 rings (SSSR count). The highest BCUT2D eigenvalue weighted by atomic mass is 32.2. The van der Waals surface area contributed by atoms with E-state index >= 15 is 0 Å². The van der Waals surface area contributed by atoms with Crippen molar-refractivity contribution in [1.82, 2.24) is 9.71 Å². The van der Waals surface area contributed by atoms with E-state index < -0.39 is 15.9 Å². The fraction of sp³-hybridized carbons (Fsp3) is 0.312. The number of carbonyl (C=O) groups is 2. The zero-order chi connectivity index (χ0) is 17.8. The van der Waals surface area contributed by atoms with Crippen LogP contribution >= 0.6 is 0 Å². The molecule has 1 N–H and O–H groups in total. The third kappa shape index (κ3) is 2.80. The third-order valence-corrected chi connectivity index (χ3v) is 5.68. The van der Waals surface area contributed by atoms with Crippen LogP contribution in [0.15, 0.2) is 33.8 Å². The number of oxazole rings is 1. The second-order valence-electron chi connectivity index (χ2n) is 6.20. The summed E-state index contributed by atoms with van der Waals surface area (Å²) in [6.45, 7) is 0. The van der Waals surface area contributed by atoms with Gasteiger partial charge in [-0.3, -0.25) is 9.59 Å². The zero-order valence-corrected chi connectivity index (χ0v) is 14.2. The molecule has 0 spiro atoms. The molecule has 8 nitrogen and oxygen atoms in total. The zero-order valence-electron chi connectivity index (χ0n) is 13.4. The van der Waals surface area contributed by atoms with Gasteiger partial charge in [0, 0.05) is 18.7 Å². The van der Waals surface area contributed by atoms with Gasteiger partial charge in [0.15, 0.2) is 11.6 Å². The maximum atomic E-state index is 12.4. The Hall–Kier alpha value is -2.68. The predicted molar refractivity (Wildman–Crippen MR) is 86.7 cm³/mol. The van der Waals surface area contributed by atoms with Crippen LogP contribution in [0.3, 0.4) is 0 Å². The van der Waals surface area contributed by atoms with E-state index in [1.54, 1.807) is 13.1 Å². The summed E-state index contributed by atoms with van der Waals surface area (Å²) in [6, 6.07) is 4.33. The monoisotopic (exact) mass is 361 g/mol.